The van der Waals surface area contributed by atoms with Crippen LogP contribution in [0.25, 0.3) is 0 Å². The third-order valence-electron chi connectivity index (χ3n) is 3.84. The molecule has 1 amide bonds. The van der Waals surface area contributed by atoms with Crippen molar-refractivity contribution in [3.8, 4) is 0 Å². The molecule has 2 saturated heterocycles. The lowest BCUT2D eigenvalue weighted by Crippen LogP contribution is -2.51. The van der Waals surface area contributed by atoms with E-state index in [2.05, 4.69) is 5.32 Å². The Labute approximate surface area is 120 Å². The van der Waals surface area contributed by atoms with E-state index in [1.54, 1.807) is 4.31 Å². The van der Waals surface area contributed by atoms with E-state index in [4.69, 9.17) is 4.74 Å². The predicted octanol–water partition coefficient (Wildman–Crippen LogP) is -0.588. The van der Waals surface area contributed by atoms with Crippen LogP contribution >= 0.6 is 0 Å². The van der Waals surface area contributed by atoms with Crippen molar-refractivity contribution in [2.75, 3.05) is 45.9 Å². The lowest BCUT2D eigenvalue weighted by molar-refractivity contribution is -0.119. The summed E-state index contributed by atoms with van der Waals surface area (Å²) in [6, 6.07) is 0. The molecule has 0 radical (unpaired) electrons. The van der Waals surface area contributed by atoms with Crippen molar-refractivity contribution in [1.82, 2.24) is 13.9 Å². The number of nitrogens with zero attached hydrogens (tertiary/aromatic N) is 2. The average Bonchev–Trinajstić information content (AvgIpc) is 2.46. The Bertz CT molecular complexity index is 426. The van der Waals surface area contributed by atoms with Crippen LogP contribution in [-0.2, 0) is 19.7 Å². The first-order valence-corrected chi connectivity index (χ1v) is 8.47. The number of morpholine rings is 1. The Morgan fingerprint density at radius 3 is 2.25 bits per heavy atom. The average molecular weight is 305 g/mol. The summed E-state index contributed by atoms with van der Waals surface area (Å²) in [5, 5.41) is 2.80. The van der Waals surface area contributed by atoms with Gasteiger partial charge in [0.25, 0.3) is 10.2 Å². The topological polar surface area (TPSA) is 79.0 Å². The summed E-state index contributed by atoms with van der Waals surface area (Å²) >= 11 is 0. The van der Waals surface area contributed by atoms with Crippen LogP contribution in [0.1, 0.15) is 19.8 Å². The van der Waals surface area contributed by atoms with Crippen molar-refractivity contribution >= 4 is 16.1 Å². The number of carbonyl (C=O) groups excluding carboxylic acids is 1. The highest BCUT2D eigenvalue weighted by Crippen LogP contribution is 2.21. The molecule has 0 unspecified atom stereocenters. The maximum absolute atomic E-state index is 12.4. The summed E-state index contributed by atoms with van der Waals surface area (Å²) in [5.41, 5.74) is 0. The Morgan fingerprint density at radius 1 is 1.15 bits per heavy atom. The van der Waals surface area contributed by atoms with Crippen LogP contribution in [0.15, 0.2) is 0 Å². The van der Waals surface area contributed by atoms with Gasteiger partial charge in [0.15, 0.2) is 0 Å². The Morgan fingerprint density at radius 2 is 1.70 bits per heavy atom. The predicted molar refractivity (Wildman–Crippen MR) is 74.3 cm³/mol. The monoisotopic (exact) mass is 305 g/mol. The molecule has 0 aliphatic carbocycles. The molecule has 2 rings (SSSR count). The first-order valence-electron chi connectivity index (χ1n) is 7.07. The standard InChI is InChI=1S/C12H23N3O4S/c1-11(16)13-10-12-2-4-14(5-3-12)20(17,18)15-6-8-19-9-7-15/h12H,2-10H2,1H3,(H,13,16). The van der Waals surface area contributed by atoms with E-state index >= 15 is 0 Å². The molecule has 2 aliphatic heterocycles. The number of hydrogen-bond acceptors (Lipinski definition) is 4. The van der Waals surface area contributed by atoms with Gasteiger partial charge >= 0.3 is 0 Å². The minimum Gasteiger partial charge on any atom is -0.379 e. The first-order chi connectivity index (χ1) is 9.50. The normalized spacial score (nSPS) is 23.6. The largest absolute Gasteiger partial charge is 0.379 e. The van der Waals surface area contributed by atoms with E-state index < -0.39 is 10.2 Å². The second-order valence-electron chi connectivity index (χ2n) is 5.30. The van der Waals surface area contributed by atoms with Crippen LogP contribution in [0.3, 0.4) is 0 Å². The number of carbonyl (C=O) groups is 1. The molecule has 2 heterocycles. The highest BCUT2D eigenvalue weighted by Gasteiger charge is 2.33. The molecule has 0 saturated carbocycles. The van der Waals surface area contributed by atoms with Gasteiger partial charge in [-0.3, -0.25) is 4.79 Å². The van der Waals surface area contributed by atoms with Crippen molar-refractivity contribution in [3.05, 3.63) is 0 Å². The summed E-state index contributed by atoms with van der Waals surface area (Å²) in [4.78, 5) is 10.9. The third kappa shape index (κ3) is 3.91. The molecule has 7 nitrogen and oxygen atoms in total. The zero-order valence-electron chi connectivity index (χ0n) is 11.9. The van der Waals surface area contributed by atoms with E-state index in [9.17, 15) is 13.2 Å². The van der Waals surface area contributed by atoms with E-state index in [0.29, 0.717) is 51.9 Å². The SMILES string of the molecule is CC(=O)NCC1CCN(S(=O)(=O)N2CCOCC2)CC1. The van der Waals surface area contributed by atoms with E-state index in [1.807, 2.05) is 0 Å². The molecule has 0 atom stereocenters. The number of nitrogens with one attached hydrogen (secondary N) is 1. The smallest absolute Gasteiger partial charge is 0.282 e. The Hall–Kier alpha value is -0.700. The highest BCUT2D eigenvalue weighted by atomic mass is 32.2. The number of rotatable bonds is 4. The van der Waals surface area contributed by atoms with Crippen LogP contribution in [0.4, 0.5) is 0 Å². The Balaban J connectivity index is 1.84. The van der Waals surface area contributed by atoms with Gasteiger partial charge in [0.05, 0.1) is 13.2 Å². The molecule has 0 aromatic heterocycles. The third-order valence-corrected chi connectivity index (χ3v) is 5.87. The van der Waals surface area contributed by atoms with Crippen molar-refractivity contribution in [3.63, 3.8) is 0 Å². The molecule has 0 spiro atoms. The van der Waals surface area contributed by atoms with Crippen LogP contribution < -0.4 is 5.32 Å². The second-order valence-corrected chi connectivity index (χ2v) is 7.23. The van der Waals surface area contributed by atoms with E-state index in [0.717, 1.165) is 12.8 Å². The summed E-state index contributed by atoms with van der Waals surface area (Å²) < 4.78 is 33.1. The van der Waals surface area contributed by atoms with Gasteiger partial charge in [-0.1, -0.05) is 0 Å². The molecule has 2 aliphatic rings. The summed E-state index contributed by atoms with van der Waals surface area (Å²) in [6.07, 6.45) is 1.59. The maximum atomic E-state index is 12.4. The number of piperidine rings is 1. The molecule has 2 fully saturated rings. The molecule has 116 valence electrons. The van der Waals surface area contributed by atoms with E-state index in [1.165, 1.54) is 11.2 Å². The molecule has 0 bridgehead atoms. The fourth-order valence-electron chi connectivity index (χ4n) is 2.57. The number of amides is 1. The minimum absolute atomic E-state index is 0.0339. The van der Waals surface area contributed by atoms with Gasteiger partial charge in [-0.2, -0.15) is 17.0 Å². The summed E-state index contributed by atoms with van der Waals surface area (Å²) in [6.45, 7) is 5.02. The number of ether oxygens (including phenoxy) is 1. The molecule has 0 aromatic carbocycles. The molecule has 20 heavy (non-hydrogen) atoms. The van der Waals surface area contributed by atoms with Gasteiger partial charge in [0, 0.05) is 39.6 Å². The fourth-order valence-corrected chi connectivity index (χ4v) is 4.18. The van der Waals surface area contributed by atoms with Gasteiger partial charge in [0.1, 0.15) is 0 Å². The summed E-state index contributed by atoms with van der Waals surface area (Å²) in [7, 11) is -3.34. The maximum Gasteiger partial charge on any atom is 0.282 e. The van der Waals surface area contributed by atoms with Gasteiger partial charge in [-0.25, -0.2) is 0 Å². The molecule has 1 N–H and O–H groups in total. The van der Waals surface area contributed by atoms with Crippen LogP contribution in [0.2, 0.25) is 0 Å². The Kier molecular flexibility index (Phi) is 5.36. The fraction of sp³-hybridized carbons (Fsp3) is 0.917. The van der Waals surface area contributed by atoms with Crippen molar-refractivity contribution < 1.29 is 17.9 Å². The van der Waals surface area contributed by atoms with Crippen molar-refractivity contribution in [2.24, 2.45) is 5.92 Å². The van der Waals surface area contributed by atoms with Crippen molar-refractivity contribution in [2.45, 2.75) is 19.8 Å². The van der Waals surface area contributed by atoms with Crippen LogP contribution in [0, 0.1) is 5.92 Å². The van der Waals surface area contributed by atoms with Gasteiger partial charge < -0.3 is 10.1 Å². The minimum atomic E-state index is -3.34. The lowest BCUT2D eigenvalue weighted by atomic mass is 9.98. The van der Waals surface area contributed by atoms with Gasteiger partial charge in [-0.15, -0.1) is 0 Å². The molecule has 8 heteroatoms. The first kappa shape index (κ1) is 15.7. The van der Waals surface area contributed by atoms with Crippen molar-refractivity contribution in [1.29, 1.82) is 0 Å². The molecule has 0 aromatic rings. The molecular weight excluding hydrogens is 282 g/mol. The van der Waals surface area contributed by atoms with E-state index in [-0.39, 0.29) is 5.91 Å². The van der Waals surface area contributed by atoms with Gasteiger partial charge in [0.2, 0.25) is 5.91 Å². The lowest BCUT2D eigenvalue weighted by Gasteiger charge is -2.36. The van der Waals surface area contributed by atoms with Crippen LogP contribution in [-0.4, -0.2) is 68.9 Å². The number of hydrogen-bond donors (Lipinski definition) is 1. The zero-order chi connectivity index (χ0) is 14.6. The van der Waals surface area contributed by atoms with Gasteiger partial charge in [-0.05, 0) is 18.8 Å². The summed E-state index contributed by atoms with van der Waals surface area (Å²) in [5.74, 6) is 0.336. The zero-order valence-corrected chi connectivity index (χ0v) is 12.7. The molecular formula is C12H23N3O4S. The highest BCUT2D eigenvalue weighted by molar-refractivity contribution is 7.86. The quantitative estimate of drug-likeness (QED) is 0.753. The second kappa shape index (κ2) is 6.84. The van der Waals surface area contributed by atoms with Crippen LogP contribution in [0.5, 0.6) is 0 Å².